The molecule has 1 aromatic rings. The maximum Gasteiger partial charge on any atom is 0.472 e. The molecule has 2 rings (SSSR count). The molecule has 1 aromatic heterocycles. The number of aryl methyl sites for hydroxylation is 2. The van der Waals surface area contributed by atoms with Crippen LogP contribution < -0.4 is 5.73 Å². The van der Waals surface area contributed by atoms with E-state index in [1.165, 1.54) is 49.7 Å². The molecule has 1 aliphatic rings. The Balaban J connectivity index is 1.59. The number of furan rings is 1. The number of ether oxygens (including phenoxy) is 3. The predicted molar refractivity (Wildman–Crippen MR) is 218 cm³/mol. The first-order chi connectivity index (χ1) is 26.6. The van der Waals surface area contributed by atoms with Crippen molar-refractivity contribution in [3.63, 3.8) is 0 Å². The molecule has 4 atom stereocenters. The maximum atomic E-state index is 12.7. The van der Waals surface area contributed by atoms with E-state index in [1.54, 1.807) is 0 Å². The summed E-state index contributed by atoms with van der Waals surface area (Å²) in [6.45, 7) is 7.92. The molecule has 1 fully saturated rings. The molecule has 1 saturated heterocycles. The summed E-state index contributed by atoms with van der Waals surface area (Å²) in [6, 6.07) is 0. The fourth-order valence-electron chi connectivity index (χ4n) is 6.64. The molecule has 318 valence electrons. The van der Waals surface area contributed by atoms with Gasteiger partial charge in [0, 0.05) is 32.2 Å². The normalized spacial score (nSPS) is 17.1. The van der Waals surface area contributed by atoms with Crippen molar-refractivity contribution in [1.82, 2.24) is 0 Å². The molecular weight excluding hydrogens is 721 g/mol. The third kappa shape index (κ3) is 23.7. The molecule has 0 saturated carbocycles. The molecule has 12 heteroatoms. The number of allylic oxidation sites excluding steroid dienone is 1. The van der Waals surface area contributed by atoms with Crippen molar-refractivity contribution >= 4 is 19.8 Å². The smallest absolute Gasteiger partial charge is 0.466 e. The highest BCUT2D eigenvalue weighted by Gasteiger charge is 2.36. The average molecular weight is 798 g/mol. The summed E-state index contributed by atoms with van der Waals surface area (Å²) in [5, 5.41) is 0. The van der Waals surface area contributed by atoms with Crippen LogP contribution in [0.4, 0.5) is 0 Å². The van der Waals surface area contributed by atoms with Crippen molar-refractivity contribution < 1.29 is 46.7 Å². The zero-order valence-electron chi connectivity index (χ0n) is 34.8. The van der Waals surface area contributed by atoms with Gasteiger partial charge in [-0.15, -0.1) is 0 Å². The third-order valence-electron chi connectivity index (χ3n) is 10.3. The quantitative estimate of drug-likeness (QED) is 0.0219. The van der Waals surface area contributed by atoms with E-state index in [0.717, 1.165) is 101 Å². The highest BCUT2D eigenvalue weighted by molar-refractivity contribution is 7.47. The summed E-state index contributed by atoms with van der Waals surface area (Å²) >= 11 is 0. The lowest BCUT2D eigenvalue weighted by atomic mass is 10.0. The van der Waals surface area contributed by atoms with Crippen molar-refractivity contribution in [3.8, 4) is 0 Å². The topological polar surface area (TPSA) is 160 Å². The van der Waals surface area contributed by atoms with E-state index in [0.29, 0.717) is 25.0 Å². The van der Waals surface area contributed by atoms with Gasteiger partial charge in [0.15, 0.2) is 6.10 Å². The minimum absolute atomic E-state index is 0.0415. The second-order valence-electron chi connectivity index (χ2n) is 15.2. The highest BCUT2D eigenvalue weighted by Crippen LogP contribution is 2.43. The first-order valence-corrected chi connectivity index (χ1v) is 23.1. The minimum Gasteiger partial charge on any atom is -0.466 e. The van der Waals surface area contributed by atoms with E-state index in [9.17, 15) is 19.0 Å². The lowest BCUT2D eigenvalue weighted by molar-refractivity contribution is -0.161. The largest absolute Gasteiger partial charge is 0.472 e. The number of nitrogens with two attached hydrogens (primary N) is 1. The summed E-state index contributed by atoms with van der Waals surface area (Å²) in [5.41, 5.74) is 7.95. The molecule has 1 aliphatic heterocycles. The number of unbranched alkanes of at least 4 members (excludes halogenated alkanes) is 14. The standard InChI is InChI=1S/C43H76NO10P/c1-5-7-9-10-14-21-27-40-41(54-40)28-22-16-13-18-23-29-42(45)49-33-37(34-51-55(47,48)50-32-31-44)52-43(46)30-24-17-12-11-15-20-26-39-36(4)35(3)38(53-39)25-19-8-6-2/h14,21,37,40-41H,5-13,15-20,22-34,44H2,1-4H3,(H,47,48)/b21-14-/t37-,40?,41?/m1/s1. The molecule has 0 aliphatic carbocycles. The van der Waals surface area contributed by atoms with Crippen LogP contribution in [0.3, 0.4) is 0 Å². The number of hydrogen-bond donors (Lipinski definition) is 2. The van der Waals surface area contributed by atoms with E-state index in [4.69, 9.17) is 33.4 Å². The molecule has 0 radical (unpaired) electrons. The monoisotopic (exact) mass is 798 g/mol. The van der Waals surface area contributed by atoms with Crippen LogP contribution >= 0.6 is 7.82 Å². The molecule has 0 aromatic carbocycles. The van der Waals surface area contributed by atoms with E-state index in [-0.39, 0.29) is 32.6 Å². The van der Waals surface area contributed by atoms with Gasteiger partial charge in [0.25, 0.3) is 0 Å². The van der Waals surface area contributed by atoms with Crippen molar-refractivity contribution in [2.75, 3.05) is 26.4 Å². The van der Waals surface area contributed by atoms with Crippen LogP contribution in [-0.4, -0.2) is 61.5 Å². The van der Waals surface area contributed by atoms with Gasteiger partial charge < -0.3 is 29.3 Å². The van der Waals surface area contributed by atoms with Crippen molar-refractivity contribution in [1.29, 1.82) is 0 Å². The van der Waals surface area contributed by atoms with Crippen LogP contribution in [0, 0.1) is 13.8 Å². The van der Waals surface area contributed by atoms with Gasteiger partial charge in [0.05, 0.1) is 25.4 Å². The number of epoxide rings is 1. The Hall–Kier alpha value is -2.01. The summed E-state index contributed by atoms with van der Waals surface area (Å²) in [4.78, 5) is 35.0. The SMILES string of the molecule is CCCCC/C=C\CC1OC1CCCCCCCC(=O)OC[C@H](COP(=O)(O)OCCN)OC(=O)CCCCCCCCc1oc(CCCCC)c(C)c1C. The van der Waals surface area contributed by atoms with E-state index in [2.05, 4.69) is 39.8 Å². The van der Waals surface area contributed by atoms with Gasteiger partial charge in [-0.1, -0.05) is 103 Å². The molecule has 0 bridgehead atoms. The third-order valence-corrected chi connectivity index (χ3v) is 11.3. The number of rotatable bonds is 36. The summed E-state index contributed by atoms with van der Waals surface area (Å²) in [7, 11) is -4.40. The first kappa shape index (κ1) is 49.1. The molecule has 55 heavy (non-hydrogen) atoms. The zero-order chi connectivity index (χ0) is 40.2. The van der Waals surface area contributed by atoms with Gasteiger partial charge in [-0.25, -0.2) is 4.57 Å². The Morgan fingerprint density at radius 2 is 1.33 bits per heavy atom. The van der Waals surface area contributed by atoms with Crippen LogP contribution in [0.15, 0.2) is 16.6 Å². The lowest BCUT2D eigenvalue weighted by Gasteiger charge is -2.19. The Morgan fingerprint density at radius 3 is 1.98 bits per heavy atom. The number of carbonyl (C=O) groups is 2. The Labute approximate surface area is 332 Å². The van der Waals surface area contributed by atoms with Crippen LogP contribution in [0.1, 0.15) is 178 Å². The Bertz CT molecular complexity index is 1250. The number of phosphoric ester groups is 1. The summed E-state index contributed by atoms with van der Waals surface area (Å²) in [5.74, 6) is 1.39. The van der Waals surface area contributed by atoms with Crippen LogP contribution in [-0.2, 0) is 50.3 Å². The lowest BCUT2D eigenvalue weighted by Crippen LogP contribution is -2.29. The fraction of sp³-hybridized carbons (Fsp3) is 0.814. The Morgan fingerprint density at radius 1 is 0.745 bits per heavy atom. The fourth-order valence-corrected chi connectivity index (χ4v) is 7.41. The number of carbonyl (C=O) groups excluding carboxylic acids is 2. The zero-order valence-corrected chi connectivity index (χ0v) is 35.7. The second kappa shape index (κ2) is 30.1. The van der Waals surface area contributed by atoms with E-state index < -0.39 is 32.5 Å². The van der Waals surface area contributed by atoms with Gasteiger partial charge in [-0.3, -0.25) is 18.6 Å². The van der Waals surface area contributed by atoms with Gasteiger partial charge in [-0.2, -0.15) is 0 Å². The van der Waals surface area contributed by atoms with E-state index >= 15 is 0 Å². The Kier molecular flexibility index (Phi) is 26.9. The van der Waals surface area contributed by atoms with Crippen LogP contribution in [0.2, 0.25) is 0 Å². The minimum atomic E-state index is -4.40. The van der Waals surface area contributed by atoms with Gasteiger partial charge >= 0.3 is 19.8 Å². The van der Waals surface area contributed by atoms with Gasteiger partial charge in [0.2, 0.25) is 0 Å². The van der Waals surface area contributed by atoms with Crippen LogP contribution in [0.5, 0.6) is 0 Å². The number of esters is 2. The average Bonchev–Trinajstić information content (AvgIpc) is 3.86. The molecule has 11 nitrogen and oxygen atoms in total. The van der Waals surface area contributed by atoms with Gasteiger partial charge in [-0.05, 0) is 76.3 Å². The second-order valence-corrected chi connectivity index (χ2v) is 16.6. The maximum absolute atomic E-state index is 12.7. The first-order valence-electron chi connectivity index (χ1n) is 21.6. The molecule has 0 spiro atoms. The molecular formula is C43H76NO10P. The van der Waals surface area contributed by atoms with Crippen LogP contribution in [0.25, 0.3) is 0 Å². The predicted octanol–water partition coefficient (Wildman–Crippen LogP) is 10.5. The highest BCUT2D eigenvalue weighted by atomic mass is 31.2. The number of hydrogen-bond acceptors (Lipinski definition) is 10. The number of phosphoric acid groups is 1. The molecule has 3 N–H and O–H groups in total. The summed E-state index contributed by atoms with van der Waals surface area (Å²) in [6.07, 6.45) is 28.0. The van der Waals surface area contributed by atoms with E-state index in [1.807, 2.05) is 0 Å². The van der Waals surface area contributed by atoms with Crippen molar-refractivity contribution in [3.05, 3.63) is 34.8 Å². The van der Waals surface area contributed by atoms with Crippen molar-refractivity contribution in [2.45, 2.75) is 200 Å². The van der Waals surface area contributed by atoms with Crippen molar-refractivity contribution in [2.24, 2.45) is 5.73 Å². The summed E-state index contributed by atoms with van der Waals surface area (Å²) < 4.78 is 44.9. The van der Waals surface area contributed by atoms with Gasteiger partial charge in [0.1, 0.15) is 18.1 Å². The molecule has 3 unspecified atom stereocenters. The molecule has 2 heterocycles. The molecule has 0 amide bonds.